The molecule has 0 spiro atoms. The van der Waals surface area contributed by atoms with Crippen molar-refractivity contribution in [1.82, 2.24) is 5.01 Å². The zero-order valence-electron chi connectivity index (χ0n) is 10.5. The summed E-state index contributed by atoms with van der Waals surface area (Å²) in [5, 5.41) is 4.06. The first-order valence-corrected chi connectivity index (χ1v) is 6.26. The largest absolute Gasteiger partial charge is 0.276 e. The maximum atomic E-state index is 12.4. The Balaban J connectivity index is 2.33. The lowest BCUT2D eigenvalue weighted by Gasteiger charge is -2.24. The van der Waals surface area contributed by atoms with Crippen LogP contribution in [0.15, 0.2) is 48.5 Å². The molecule has 96 valence electrons. The summed E-state index contributed by atoms with van der Waals surface area (Å²) in [6, 6.07) is 15.0. The first-order chi connectivity index (χ1) is 9.68. The van der Waals surface area contributed by atoms with Crippen LogP contribution in [0.2, 0.25) is 0 Å². The van der Waals surface area contributed by atoms with Crippen molar-refractivity contribution < 1.29 is 9.59 Å². The number of hydrazine groups is 1. The molecular weight excluding hydrogens is 252 g/mol. The lowest BCUT2D eigenvalue weighted by Crippen LogP contribution is -2.45. The van der Waals surface area contributed by atoms with Gasteiger partial charge in [-0.15, -0.1) is 0 Å². The minimum Gasteiger partial charge on any atom is -0.267 e. The van der Waals surface area contributed by atoms with Gasteiger partial charge in [0.25, 0.3) is 11.8 Å². The van der Waals surface area contributed by atoms with Gasteiger partial charge >= 0.3 is 0 Å². The Morgan fingerprint density at radius 3 is 2.45 bits per heavy atom. The maximum Gasteiger partial charge on any atom is 0.276 e. The molecule has 0 saturated heterocycles. The van der Waals surface area contributed by atoms with Crippen molar-refractivity contribution in [3.63, 3.8) is 0 Å². The molecule has 0 radical (unpaired) electrons. The monoisotopic (exact) mass is 262 g/mol. The van der Waals surface area contributed by atoms with Crippen LogP contribution < -0.4 is 5.84 Å². The van der Waals surface area contributed by atoms with E-state index in [0.717, 1.165) is 16.2 Å². The average Bonchev–Trinajstić information content (AvgIpc) is 2.48. The van der Waals surface area contributed by atoms with Crippen molar-refractivity contribution in [2.24, 2.45) is 5.84 Å². The molecule has 4 rings (SSSR count). The van der Waals surface area contributed by atoms with Gasteiger partial charge in [0.1, 0.15) is 0 Å². The first kappa shape index (κ1) is 11.1. The Kier molecular flexibility index (Phi) is 2.03. The van der Waals surface area contributed by atoms with Crippen LogP contribution in [0.3, 0.4) is 0 Å². The third-order valence-corrected chi connectivity index (χ3v) is 3.77. The molecule has 4 nitrogen and oxygen atoms in total. The van der Waals surface area contributed by atoms with E-state index in [1.807, 2.05) is 36.4 Å². The molecule has 1 heterocycles. The average molecular weight is 262 g/mol. The molecule has 20 heavy (non-hydrogen) atoms. The molecule has 1 aliphatic rings. The minimum absolute atomic E-state index is 0.449. The normalized spacial score (nSPS) is 14.3. The Morgan fingerprint density at radius 2 is 1.60 bits per heavy atom. The van der Waals surface area contributed by atoms with Gasteiger partial charge in [-0.25, -0.2) is 10.9 Å². The van der Waals surface area contributed by atoms with Gasteiger partial charge in [-0.2, -0.15) is 0 Å². The van der Waals surface area contributed by atoms with E-state index in [1.54, 1.807) is 12.1 Å². The van der Waals surface area contributed by atoms with Crippen LogP contribution in [0, 0.1) is 0 Å². The highest BCUT2D eigenvalue weighted by molar-refractivity contribution is 6.30. The number of carbonyl (C=O) groups excluding carboxylic acids is 2. The smallest absolute Gasteiger partial charge is 0.267 e. The molecule has 3 aromatic carbocycles. The van der Waals surface area contributed by atoms with Gasteiger partial charge in [0.05, 0.1) is 11.1 Å². The molecule has 0 aliphatic carbocycles. The van der Waals surface area contributed by atoms with Gasteiger partial charge in [-0.05, 0) is 28.3 Å². The van der Waals surface area contributed by atoms with E-state index in [1.165, 1.54) is 0 Å². The molecule has 2 N–H and O–H groups in total. The number of amides is 2. The van der Waals surface area contributed by atoms with Gasteiger partial charge in [0.15, 0.2) is 0 Å². The molecule has 0 saturated carbocycles. The van der Waals surface area contributed by atoms with E-state index < -0.39 is 11.8 Å². The number of rotatable bonds is 0. The Hall–Kier alpha value is -2.72. The van der Waals surface area contributed by atoms with Crippen LogP contribution in [0.1, 0.15) is 20.7 Å². The molecule has 0 bridgehead atoms. The summed E-state index contributed by atoms with van der Waals surface area (Å²) in [5.74, 6) is 4.73. The summed E-state index contributed by atoms with van der Waals surface area (Å²) in [6.07, 6.45) is 0. The fourth-order valence-electron chi connectivity index (χ4n) is 2.87. The van der Waals surface area contributed by atoms with E-state index in [9.17, 15) is 9.59 Å². The summed E-state index contributed by atoms with van der Waals surface area (Å²) in [5.41, 5.74) is 0.987. The Morgan fingerprint density at radius 1 is 0.850 bits per heavy atom. The van der Waals surface area contributed by atoms with Gasteiger partial charge in [0, 0.05) is 5.39 Å². The van der Waals surface area contributed by atoms with E-state index in [0.29, 0.717) is 21.5 Å². The second kappa shape index (κ2) is 3.65. The molecular formula is C16H10N2O2. The van der Waals surface area contributed by atoms with Gasteiger partial charge in [-0.3, -0.25) is 9.59 Å². The number of benzene rings is 3. The van der Waals surface area contributed by atoms with Crippen LogP contribution in [0.25, 0.3) is 21.5 Å². The van der Waals surface area contributed by atoms with Gasteiger partial charge < -0.3 is 0 Å². The minimum atomic E-state index is -0.455. The molecule has 0 unspecified atom stereocenters. The lowest BCUT2D eigenvalue weighted by molar-refractivity contribution is 0.0611. The Bertz CT molecular complexity index is 915. The van der Waals surface area contributed by atoms with E-state index in [4.69, 9.17) is 5.84 Å². The molecule has 0 aromatic heterocycles. The predicted molar refractivity (Wildman–Crippen MR) is 76.1 cm³/mol. The van der Waals surface area contributed by atoms with Crippen LogP contribution in [0.4, 0.5) is 0 Å². The number of imide groups is 1. The van der Waals surface area contributed by atoms with Crippen LogP contribution in [-0.4, -0.2) is 16.8 Å². The van der Waals surface area contributed by atoms with Crippen LogP contribution in [-0.2, 0) is 0 Å². The van der Waals surface area contributed by atoms with Crippen molar-refractivity contribution >= 4 is 33.4 Å². The highest BCUT2D eigenvalue weighted by Crippen LogP contribution is 2.34. The zero-order valence-corrected chi connectivity index (χ0v) is 10.5. The van der Waals surface area contributed by atoms with E-state index in [-0.39, 0.29) is 0 Å². The maximum absolute atomic E-state index is 12.4. The summed E-state index contributed by atoms with van der Waals surface area (Å²) < 4.78 is 0. The number of nitrogens with zero attached hydrogens (tertiary/aromatic N) is 1. The number of carbonyl (C=O) groups is 2. The standard InChI is InChI=1S/C16H10N2O2/c17-18-15(19)12-7-3-5-10-8-9-4-1-2-6-11(9)14(13(10)12)16(18)20/h1-8H,17H2. The van der Waals surface area contributed by atoms with Crippen molar-refractivity contribution in [3.05, 3.63) is 59.7 Å². The zero-order chi connectivity index (χ0) is 13.9. The topological polar surface area (TPSA) is 63.4 Å². The summed E-state index contributed by atoms with van der Waals surface area (Å²) in [7, 11) is 0. The van der Waals surface area contributed by atoms with Crippen LogP contribution >= 0.6 is 0 Å². The van der Waals surface area contributed by atoms with Crippen LogP contribution in [0.5, 0.6) is 0 Å². The number of fused-ring (bicyclic) bond motifs is 2. The third kappa shape index (κ3) is 1.23. The molecule has 2 amide bonds. The van der Waals surface area contributed by atoms with Gasteiger partial charge in [-0.1, -0.05) is 36.4 Å². The van der Waals surface area contributed by atoms with E-state index >= 15 is 0 Å². The summed E-state index contributed by atoms with van der Waals surface area (Å²) >= 11 is 0. The quantitative estimate of drug-likeness (QED) is 0.293. The first-order valence-electron chi connectivity index (χ1n) is 6.26. The van der Waals surface area contributed by atoms with E-state index in [2.05, 4.69) is 0 Å². The fourth-order valence-corrected chi connectivity index (χ4v) is 2.87. The van der Waals surface area contributed by atoms with Gasteiger partial charge in [0.2, 0.25) is 0 Å². The fraction of sp³-hybridized carbons (Fsp3) is 0. The molecule has 4 heteroatoms. The molecule has 0 fully saturated rings. The third-order valence-electron chi connectivity index (χ3n) is 3.77. The summed E-state index contributed by atoms with van der Waals surface area (Å²) in [6.45, 7) is 0. The number of nitrogens with two attached hydrogens (primary N) is 1. The Labute approximate surface area is 114 Å². The second-order valence-electron chi connectivity index (χ2n) is 4.86. The molecule has 3 aromatic rings. The SMILES string of the molecule is NN1C(=O)c2cccc3cc4ccccc4c(c23)C1=O. The van der Waals surface area contributed by atoms with Crippen molar-refractivity contribution in [2.75, 3.05) is 0 Å². The number of hydrogen-bond donors (Lipinski definition) is 1. The highest BCUT2D eigenvalue weighted by Gasteiger charge is 2.32. The molecule has 1 aliphatic heterocycles. The predicted octanol–water partition coefficient (Wildman–Crippen LogP) is 2.46. The molecule has 0 atom stereocenters. The number of hydrogen-bond acceptors (Lipinski definition) is 3. The van der Waals surface area contributed by atoms with Crippen molar-refractivity contribution in [2.45, 2.75) is 0 Å². The lowest BCUT2D eigenvalue weighted by atomic mass is 9.90. The van der Waals surface area contributed by atoms with Crippen molar-refractivity contribution in [1.29, 1.82) is 0 Å². The van der Waals surface area contributed by atoms with Crippen molar-refractivity contribution in [3.8, 4) is 0 Å². The summed E-state index contributed by atoms with van der Waals surface area (Å²) in [4.78, 5) is 24.5. The highest BCUT2D eigenvalue weighted by atomic mass is 16.2. The second-order valence-corrected chi connectivity index (χ2v) is 4.86.